The van der Waals surface area contributed by atoms with Gasteiger partial charge in [0.2, 0.25) is 11.9 Å². The first-order chi connectivity index (χ1) is 15.8. The quantitative estimate of drug-likeness (QED) is 0.615. The Balaban J connectivity index is 1.49. The van der Waals surface area contributed by atoms with Gasteiger partial charge in [0.1, 0.15) is 18.1 Å². The van der Waals surface area contributed by atoms with Crippen molar-refractivity contribution in [1.82, 2.24) is 19.4 Å². The second kappa shape index (κ2) is 8.24. The topological polar surface area (TPSA) is 66.7 Å². The van der Waals surface area contributed by atoms with Crippen LogP contribution in [-0.4, -0.2) is 77.8 Å². The number of carbonyl (C=O) groups excluding carboxylic acids is 1. The molecule has 0 spiro atoms. The Morgan fingerprint density at radius 1 is 0.875 bits per heavy atom. The third-order valence-corrected chi connectivity index (χ3v) is 7.05. The molecule has 8 heteroatoms. The summed E-state index contributed by atoms with van der Waals surface area (Å²) in [4.78, 5) is 29.2. The van der Waals surface area contributed by atoms with Gasteiger partial charge >= 0.3 is 0 Å². The minimum atomic E-state index is 0.0714. The Hall–Kier alpha value is -2.87. The van der Waals surface area contributed by atoms with Crippen LogP contribution in [0.3, 0.4) is 0 Å². The first-order valence-corrected chi connectivity index (χ1v) is 11.9. The van der Waals surface area contributed by atoms with Gasteiger partial charge in [-0.1, -0.05) is 18.2 Å². The summed E-state index contributed by atoms with van der Waals surface area (Å²) in [6.45, 7) is 6.97. The Kier molecular flexibility index (Phi) is 5.09. The van der Waals surface area contributed by atoms with E-state index in [1.807, 2.05) is 4.90 Å². The molecule has 2 aromatic heterocycles. The average Bonchev–Trinajstić information content (AvgIpc) is 3.59. The van der Waals surface area contributed by atoms with Crippen molar-refractivity contribution in [2.45, 2.75) is 32.2 Å². The van der Waals surface area contributed by atoms with Crippen molar-refractivity contribution in [2.75, 3.05) is 62.3 Å². The summed E-state index contributed by atoms with van der Waals surface area (Å²) in [6, 6.07) is 8.54. The number of amides is 1. The normalized spacial score (nSPS) is 19.8. The van der Waals surface area contributed by atoms with Crippen LogP contribution in [0.4, 0.5) is 11.8 Å². The van der Waals surface area contributed by atoms with E-state index < -0.39 is 0 Å². The number of nitrogens with zero attached hydrogens (tertiary/aromatic N) is 6. The third kappa shape index (κ3) is 3.37. The van der Waals surface area contributed by atoms with E-state index in [0.717, 1.165) is 54.5 Å². The lowest BCUT2D eigenvalue weighted by atomic mass is 10.2. The fourth-order valence-corrected chi connectivity index (χ4v) is 5.35. The van der Waals surface area contributed by atoms with Gasteiger partial charge < -0.3 is 24.0 Å². The first-order valence-electron chi connectivity index (χ1n) is 11.9. The van der Waals surface area contributed by atoms with Crippen LogP contribution in [0.2, 0.25) is 0 Å². The highest BCUT2D eigenvalue weighted by Crippen LogP contribution is 2.37. The van der Waals surface area contributed by atoms with Crippen molar-refractivity contribution in [2.24, 2.45) is 0 Å². The maximum Gasteiger partial charge on any atom is 0.248 e. The molecule has 3 saturated heterocycles. The molecule has 0 aliphatic carbocycles. The molecule has 3 aliphatic heterocycles. The van der Waals surface area contributed by atoms with Crippen LogP contribution in [0.5, 0.6) is 0 Å². The summed E-state index contributed by atoms with van der Waals surface area (Å²) in [5.74, 6) is 2.00. The zero-order valence-electron chi connectivity index (χ0n) is 18.5. The average molecular weight is 435 g/mol. The molecule has 1 amide bonds. The second-order valence-corrected chi connectivity index (χ2v) is 9.04. The maximum absolute atomic E-state index is 12.3. The Morgan fingerprint density at radius 2 is 1.62 bits per heavy atom. The Labute approximate surface area is 187 Å². The van der Waals surface area contributed by atoms with Crippen LogP contribution in [0.15, 0.2) is 24.3 Å². The molecule has 1 aromatic carbocycles. The molecule has 32 heavy (non-hydrogen) atoms. The van der Waals surface area contributed by atoms with Gasteiger partial charge in [-0.15, -0.1) is 0 Å². The lowest BCUT2D eigenvalue weighted by Crippen LogP contribution is -2.43. The van der Waals surface area contributed by atoms with Crippen molar-refractivity contribution >= 4 is 39.6 Å². The zero-order chi connectivity index (χ0) is 21.5. The number of benzene rings is 1. The maximum atomic E-state index is 12.3. The lowest BCUT2D eigenvalue weighted by molar-refractivity contribution is -0.142. The lowest BCUT2D eigenvalue weighted by Gasteiger charge is -2.27. The molecule has 8 nitrogen and oxygen atoms in total. The molecule has 0 N–H and O–H groups in total. The number of rotatable bonds is 5. The Bertz CT molecular complexity index is 1150. The van der Waals surface area contributed by atoms with Crippen molar-refractivity contribution in [1.29, 1.82) is 0 Å². The minimum Gasteiger partial charge on any atom is -0.370 e. The van der Waals surface area contributed by atoms with Crippen LogP contribution >= 0.6 is 0 Å². The number of morpholine rings is 1. The Morgan fingerprint density at radius 3 is 2.41 bits per heavy atom. The van der Waals surface area contributed by atoms with Gasteiger partial charge in [-0.25, -0.2) is 0 Å². The molecule has 0 radical (unpaired) electrons. The summed E-state index contributed by atoms with van der Waals surface area (Å²) >= 11 is 0. The number of aromatic nitrogens is 3. The highest BCUT2D eigenvalue weighted by molar-refractivity contribution is 6.12. The van der Waals surface area contributed by atoms with E-state index in [4.69, 9.17) is 14.7 Å². The monoisotopic (exact) mass is 434 g/mol. The minimum absolute atomic E-state index is 0.0714. The number of anilines is 2. The molecule has 3 aromatic rings. The molecule has 0 saturated carbocycles. The van der Waals surface area contributed by atoms with Gasteiger partial charge in [-0.3, -0.25) is 4.79 Å². The predicted molar refractivity (Wildman–Crippen MR) is 125 cm³/mol. The van der Waals surface area contributed by atoms with Crippen molar-refractivity contribution in [3.05, 3.63) is 24.3 Å². The summed E-state index contributed by atoms with van der Waals surface area (Å²) < 4.78 is 7.61. The second-order valence-electron chi connectivity index (χ2n) is 9.04. The fraction of sp³-hybridized carbons (Fsp3) is 0.542. The van der Waals surface area contributed by atoms with E-state index in [2.05, 4.69) is 38.6 Å². The summed E-state index contributed by atoms with van der Waals surface area (Å²) in [5, 5.41) is 2.35. The molecule has 168 valence electrons. The van der Waals surface area contributed by atoms with Crippen molar-refractivity contribution in [3.8, 4) is 0 Å². The molecule has 5 heterocycles. The van der Waals surface area contributed by atoms with Gasteiger partial charge in [0.25, 0.3) is 0 Å². The largest absolute Gasteiger partial charge is 0.370 e. The molecule has 3 aliphatic rings. The SMILES string of the molecule is O=C1COCCN1CCn1c2ccccc2c2c(N3CCCC3)nc(N3CCCC3)nc21. The van der Waals surface area contributed by atoms with Gasteiger partial charge in [0, 0.05) is 51.2 Å². The summed E-state index contributed by atoms with van der Waals surface area (Å²) in [7, 11) is 0. The number of hydrogen-bond acceptors (Lipinski definition) is 6. The van der Waals surface area contributed by atoms with E-state index in [1.165, 1.54) is 31.1 Å². The van der Waals surface area contributed by atoms with E-state index in [0.29, 0.717) is 26.2 Å². The highest BCUT2D eigenvalue weighted by atomic mass is 16.5. The van der Waals surface area contributed by atoms with Crippen LogP contribution in [0.1, 0.15) is 25.7 Å². The van der Waals surface area contributed by atoms with Gasteiger partial charge in [0.15, 0.2) is 0 Å². The number of carbonyl (C=O) groups is 1. The van der Waals surface area contributed by atoms with E-state index in [-0.39, 0.29) is 12.5 Å². The standard InChI is InChI=1S/C24H30N6O2/c31-20-17-32-16-15-27(20)13-14-30-19-8-2-1-7-18(19)21-22(28-9-3-4-10-28)25-24(26-23(21)30)29-11-5-6-12-29/h1-2,7-8H,3-6,9-17H2. The van der Waals surface area contributed by atoms with Gasteiger partial charge in [-0.05, 0) is 31.7 Å². The fourth-order valence-electron chi connectivity index (χ4n) is 5.35. The van der Waals surface area contributed by atoms with E-state index >= 15 is 0 Å². The van der Waals surface area contributed by atoms with Crippen molar-refractivity contribution in [3.63, 3.8) is 0 Å². The molecule has 0 unspecified atom stereocenters. The van der Waals surface area contributed by atoms with Crippen LogP contribution in [0.25, 0.3) is 21.9 Å². The molecule has 6 rings (SSSR count). The van der Waals surface area contributed by atoms with Crippen LogP contribution < -0.4 is 9.80 Å². The molecule has 0 atom stereocenters. The summed E-state index contributed by atoms with van der Waals surface area (Å²) in [5.41, 5.74) is 2.15. The van der Waals surface area contributed by atoms with Gasteiger partial charge in [0.05, 0.1) is 17.5 Å². The van der Waals surface area contributed by atoms with Gasteiger partial charge in [-0.2, -0.15) is 9.97 Å². The first kappa shape index (κ1) is 19.8. The molecule has 3 fully saturated rings. The number of fused-ring (bicyclic) bond motifs is 3. The molecule has 0 bridgehead atoms. The zero-order valence-corrected chi connectivity index (χ0v) is 18.5. The molecular formula is C24H30N6O2. The van der Waals surface area contributed by atoms with E-state index in [9.17, 15) is 4.79 Å². The predicted octanol–water partition coefficient (Wildman–Crippen LogP) is 2.64. The smallest absolute Gasteiger partial charge is 0.248 e. The number of hydrogen-bond donors (Lipinski definition) is 0. The van der Waals surface area contributed by atoms with Crippen LogP contribution in [-0.2, 0) is 16.1 Å². The number of para-hydroxylation sites is 1. The summed E-state index contributed by atoms with van der Waals surface area (Å²) in [6.07, 6.45) is 4.82. The van der Waals surface area contributed by atoms with E-state index in [1.54, 1.807) is 0 Å². The molecular weight excluding hydrogens is 404 g/mol. The van der Waals surface area contributed by atoms with Crippen molar-refractivity contribution < 1.29 is 9.53 Å². The highest BCUT2D eigenvalue weighted by Gasteiger charge is 2.26. The third-order valence-electron chi connectivity index (χ3n) is 7.05. The van der Waals surface area contributed by atoms with Crippen LogP contribution in [0, 0.1) is 0 Å². The number of ether oxygens (including phenoxy) is 1.